The van der Waals surface area contributed by atoms with Crippen LogP contribution in [0.3, 0.4) is 0 Å². The molecule has 8 heteroatoms. The van der Waals surface area contributed by atoms with Crippen LogP contribution in [0, 0.1) is 0 Å². The van der Waals surface area contributed by atoms with Crippen LogP contribution in [0.2, 0.25) is 0 Å². The molecular weight excluding hydrogens is 396 g/mol. The first kappa shape index (κ1) is 20.9. The molecule has 0 bridgehead atoms. The molecule has 1 saturated heterocycles. The number of aromatic nitrogens is 2. The van der Waals surface area contributed by atoms with E-state index in [9.17, 15) is 9.59 Å². The number of imidazole rings is 1. The third kappa shape index (κ3) is 4.55. The monoisotopic (exact) mass is 422 g/mol. The predicted octanol–water partition coefficient (Wildman–Crippen LogP) is 1.90. The van der Waals surface area contributed by atoms with Crippen molar-refractivity contribution >= 4 is 5.91 Å². The highest BCUT2D eigenvalue weighted by molar-refractivity contribution is 5.98. The Bertz CT molecular complexity index is 1080. The summed E-state index contributed by atoms with van der Waals surface area (Å²) in [6.07, 6.45) is 0. The standard InChI is InChI=1S/C23H26N4O4/c1-30-14-15-31-19-9-5-8-18(16-19)27-21(17-6-3-2-4-7-17)20(25-23(27)29)22(28)26-12-10-24-11-13-26/h2-9,16,24H,10-15H2,1H3,(H,25,29). The fourth-order valence-electron chi connectivity index (χ4n) is 3.69. The fourth-order valence-corrected chi connectivity index (χ4v) is 3.69. The van der Waals surface area contributed by atoms with E-state index in [0.29, 0.717) is 49.1 Å². The number of hydrogen-bond acceptors (Lipinski definition) is 5. The zero-order valence-corrected chi connectivity index (χ0v) is 17.5. The summed E-state index contributed by atoms with van der Waals surface area (Å²) in [6.45, 7) is 3.54. The number of rotatable bonds is 7. The molecule has 2 N–H and O–H groups in total. The van der Waals surface area contributed by atoms with Gasteiger partial charge in [-0.05, 0) is 12.1 Å². The highest BCUT2D eigenvalue weighted by Crippen LogP contribution is 2.27. The zero-order chi connectivity index (χ0) is 21.6. The summed E-state index contributed by atoms with van der Waals surface area (Å²) in [5, 5.41) is 3.24. The Hall–Kier alpha value is -3.36. The number of H-pyrrole nitrogens is 1. The van der Waals surface area contributed by atoms with E-state index in [1.165, 1.54) is 4.57 Å². The summed E-state index contributed by atoms with van der Waals surface area (Å²) in [5.41, 5.74) is 1.87. The Kier molecular flexibility index (Phi) is 6.49. The van der Waals surface area contributed by atoms with Gasteiger partial charge in [0.25, 0.3) is 5.91 Å². The molecule has 0 spiro atoms. The number of ether oxygens (including phenoxy) is 2. The second-order valence-corrected chi connectivity index (χ2v) is 7.24. The summed E-state index contributed by atoms with van der Waals surface area (Å²) in [7, 11) is 1.61. The molecule has 2 heterocycles. The Morgan fingerprint density at radius 3 is 2.55 bits per heavy atom. The quantitative estimate of drug-likeness (QED) is 0.568. The second kappa shape index (κ2) is 9.63. The van der Waals surface area contributed by atoms with Gasteiger partial charge < -0.3 is 24.7 Å². The molecule has 2 aromatic carbocycles. The maximum Gasteiger partial charge on any atom is 0.331 e. The number of nitrogens with zero attached hydrogens (tertiary/aromatic N) is 2. The first-order valence-corrected chi connectivity index (χ1v) is 10.3. The number of carbonyl (C=O) groups excluding carboxylic acids is 1. The molecule has 3 aromatic rings. The fraction of sp³-hybridized carbons (Fsp3) is 0.304. The van der Waals surface area contributed by atoms with Crippen LogP contribution in [-0.2, 0) is 4.74 Å². The van der Waals surface area contributed by atoms with Gasteiger partial charge in [-0.1, -0.05) is 36.4 Å². The van der Waals surface area contributed by atoms with Gasteiger partial charge in [0, 0.05) is 44.9 Å². The van der Waals surface area contributed by atoms with Crippen molar-refractivity contribution < 1.29 is 14.3 Å². The maximum atomic E-state index is 13.3. The highest BCUT2D eigenvalue weighted by atomic mass is 16.5. The van der Waals surface area contributed by atoms with E-state index in [2.05, 4.69) is 10.3 Å². The number of aromatic amines is 1. The number of amides is 1. The van der Waals surface area contributed by atoms with Crippen molar-refractivity contribution in [2.24, 2.45) is 0 Å². The molecule has 1 fully saturated rings. The molecular formula is C23H26N4O4. The Morgan fingerprint density at radius 2 is 1.81 bits per heavy atom. The summed E-state index contributed by atoms with van der Waals surface area (Å²) < 4.78 is 12.3. The smallest absolute Gasteiger partial charge is 0.331 e. The molecule has 1 aliphatic heterocycles. The third-order valence-electron chi connectivity index (χ3n) is 5.19. The SMILES string of the molecule is COCCOc1cccc(-n2c(-c3ccccc3)c(C(=O)N3CCNCC3)[nH]c2=O)c1. The number of benzene rings is 2. The van der Waals surface area contributed by atoms with Crippen molar-refractivity contribution in [3.05, 3.63) is 70.8 Å². The summed E-state index contributed by atoms with van der Waals surface area (Å²) >= 11 is 0. The van der Waals surface area contributed by atoms with E-state index in [-0.39, 0.29) is 11.6 Å². The van der Waals surface area contributed by atoms with Crippen molar-refractivity contribution in [2.45, 2.75) is 0 Å². The van der Waals surface area contributed by atoms with Crippen LogP contribution >= 0.6 is 0 Å². The van der Waals surface area contributed by atoms with Gasteiger partial charge in [0.15, 0.2) is 0 Å². The molecule has 8 nitrogen and oxygen atoms in total. The minimum atomic E-state index is -0.369. The molecule has 1 amide bonds. The van der Waals surface area contributed by atoms with Crippen LogP contribution in [0.15, 0.2) is 59.4 Å². The van der Waals surface area contributed by atoms with E-state index in [4.69, 9.17) is 9.47 Å². The van der Waals surface area contributed by atoms with Crippen LogP contribution in [0.4, 0.5) is 0 Å². The van der Waals surface area contributed by atoms with Gasteiger partial charge in [-0.2, -0.15) is 0 Å². The van der Waals surface area contributed by atoms with Gasteiger partial charge in [0.05, 0.1) is 18.0 Å². The average Bonchev–Trinajstić information content (AvgIpc) is 3.17. The van der Waals surface area contributed by atoms with Crippen LogP contribution in [0.5, 0.6) is 5.75 Å². The van der Waals surface area contributed by atoms with Gasteiger partial charge in [-0.25, -0.2) is 4.79 Å². The summed E-state index contributed by atoms with van der Waals surface area (Å²) in [4.78, 5) is 30.9. The van der Waals surface area contributed by atoms with E-state index < -0.39 is 0 Å². The van der Waals surface area contributed by atoms with Crippen molar-refractivity contribution in [1.82, 2.24) is 19.8 Å². The molecule has 0 saturated carbocycles. The Balaban J connectivity index is 1.80. The normalized spacial score (nSPS) is 13.9. The van der Waals surface area contributed by atoms with Gasteiger partial charge in [-0.15, -0.1) is 0 Å². The van der Waals surface area contributed by atoms with Crippen LogP contribution in [0.1, 0.15) is 10.5 Å². The largest absolute Gasteiger partial charge is 0.491 e. The molecule has 0 aliphatic carbocycles. The van der Waals surface area contributed by atoms with Gasteiger partial charge in [-0.3, -0.25) is 9.36 Å². The van der Waals surface area contributed by atoms with Crippen molar-refractivity contribution in [1.29, 1.82) is 0 Å². The molecule has 1 aromatic heterocycles. The minimum absolute atomic E-state index is 0.177. The number of piperazine rings is 1. The second-order valence-electron chi connectivity index (χ2n) is 7.24. The van der Waals surface area contributed by atoms with Gasteiger partial charge in [0.2, 0.25) is 0 Å². The number of methoxy groups -OCH3 is 1. The molecule has 0 atom stereocenters. The van der Waals surface area contributed by atoms with E-state index in [1.807, 2.05) is 48.5 Å². The lowest BCUT2D eigenvalue weighted by Crippen LogP contribution is -2.46. The van der Waals surface area contributed by atoms with Crippen molar-refractivity contribution in [3.63, 3.8) is 0 Å². The third-order valence-corrected chi connectivity index (χ3v) is 5.19. The summed E-state index contributed by atoms with van der Waals surface area (Å²) in [5.74, 6) is 0.445. The maximum absolute atomic E-state index is 13.3. The number of hydrogen-bond donors (Lipinski definition) is 2. The van der Waals surface area contributed by atoms with E-state index >= 15 is 0 Å². The Morgan fingerprint density at radius 1 is 1.03 bits per heavy atom. The number of nitrogens with one attached hydrogen (secondary N) is 2. The minimum Gasteiger partial charge on any atom is -0.491 e. The number of carbonyl (C=O) groups is 1. The van der Waals surface area contributed by atoms with E-state index in [1.54, 1.807) is 18.1 Å². The summed E-state index contributed by atoms with van der Waals surface area (Å²) in [6, 6.07) is 16.7. The molecule has 162 valence electrons. The topological polar surface area (TPSA) is 88.6 Å². The lowest BCUT2D eigenvalue weighted by molar-refractivity contribution is 0.0731. The average molecular weight is 422 g/mol. The lowest BCUT2D eigenvalue weighted by atomic mass is 10.1. The first-order chi connectivity index (χ1) is 15.2. The van der Waals surface area contributed by atoms with E-state index in [0.717, 1.165) is 18.7 Å². The predicted molar refractivity (Wildman–Crippen MR) is 118 cm³/mol. The lowest BCUT2D eigenvalue weighted by Gasteiger charge is -2.27. The molecule has 31 heavy (non-hydrogen) atoms. The van der Waals surface area contributed by atoms with Gasteiger partial charge in [0.1, 0.15) is 18.1 Å². The van der Waals surface area contributed by atoms with Crippen LogP contribution in [0.25, 0.3) is 16.9 Å². The van der Waals surface area contributed by atoms with Crippen LogP contribution in [-0.4, -0.2) is 66.9 Å². The van der Waals surface area contributed by atoms with Crippen LogP contribution < -0.4 is 15.7 Å². The molecule has 4 rings (SSSR count). The first-order valence-electron chi connectivity index (χ1n) is 10.3. The molecule has 1 aliphatic rings. The Labute approximate surface area is 180 Å². The molecule has 0 radical (unpaired) electrons. The van der Waals surface area contributed by atoms with Crippen molar-refractivity contribution in [2.75, 3.05) is 46.5 Å². The molecule has 0 unspecified atom stereocenters. The zero-order valence-electron chi connectivity index (χ0n) is 17.5. The van der Waals surface area contributed by atoms with Crippen molar-refractivity contribution in [3.8, 4) is 22.7 Å². The highest BCUT2D eigenvalue weighted by Gasteiger charge is 2.27. The van der Waals surface area contributed by atoms with Gasteiger partial charge >= 0.3 is 5.69 Å².